The molecule has 1 aliphatic heterocycles. The fourth-order valence-corrected chi connectivity index (χ4v) is 4.30. The Kier molecular flexibility index (Phi) is 4.14. The first-order chi connectivity index (χ1) is 12.6. The summed E-state index contributed by atoms with van der Waals surface area (Å²) in [5.41, 5.74) is 0.786. The number of benzene rings is 1. The molecule has 0 fully saturated rings. The highest BCUT2D eigenvalue weighted by molar-refractivity contribution is 7.15. The maximum absolute atomic E-state index is 13.0. The molecule has 130 valence electrons. The lowest BCUT2D eigenvalue weighted by molar-refractivity contribution is -0.117. The second-order valence-corrected chi connectivity index (χ2v) is 7.77. The summed E-state index contributed by atoms with van der Waals surface area (Å²) in [4.78, 5) is 27.6. The molecule has 6 nitrogen and oxygen atoms in total. The molecular formula is C18H13N3O3S2. The number of carbonyl (C=O) groups is 2. The van der Waals surface area contributed by atoms with Gasteiger partial charge in [-0.2, -0.15) is 0 Å². The lowest BCUT2D eigenvalue weighted by Crippen LogP contribution is -2.30. The van der Waals surface area contributed by atoms with Crippen LogP contribution in [0, 0.1) is 6.92 Å². The number of hydrogen-bond donors (Lipinski definition) is 1. The number of anilines is 1. The molecule has 2 aromatic heterocycles. The van der Waals surface area contributed by atoms with Crippen molar-refractivity contribution >= 4 is 39.5 Å². The normalized spacial score (nSPS) is 17.2. The standard InChI is InChI=1S/C18H13N3O3S2/c1-10-19-20-18(26-10)21-14(11-6-3-2-4-7-11)13(16(23)17(21)24)15(22)12-8-5-9-25-12/h2-9,14,23H,1H3. The minimum atomic E-state index is -0.745. The Hall–Kier alpha value is -2.84. The predicted molar refractivity (Wildman–Crippen MR) is 99.6 cm³/mol. The van der Waals surface area contributed by atoms with Crippen molar-refractivity contribution in [2.24, 2.45) is 0 Å². The Bertz CT molecular complexity index is 1010. The third-order valence-corrected chi connectivity index (χ3v) is 5.74. The number of rotatable bonds is 4. The third kappa shape index (κ3) is 2.63. The van der Waals surface area contributed by atoms with Gasteiger partial charge in [-0.3, -0.25) is 14.5 Å². The van der Waals surface area contributed by atoms with Gasteiger partial charge in [0.25, 0.3) is 5.91 Å². The van der Waals surface area contributed by atoms with E-state index in [1.807, 2.05) is 30.3 Å². The average Bonchev–Trinajstić information content (AvgIpc) is 3.37. The zero-order valence-electron chi connectivity index (χ0n) is 13.6. The molecule has 1 N–H and O–H groups in total. The molecular weight excluding hydrogens is 370 g/mol. The molecule has 4 rings (SSSR count). The summed E-state index contributed by atoms with van der Waals surface area (Å²) in [6.45, 7) is 1.78. The number of thiophene rings is 1. The predicted octanol–water partition coefficient (Wildman–Crippen LogP) is 3.69. The van der Waals surface area contributed by atoms with Crippen LogP contribution in [0.25, 0.3) is 0 Å². The van der Waals surface area contributed by atoms with E-state index in [4.69, 9.17) is 0 Å². The van der Waals surface area contributed by atoms with Gasteiger partial charge in [-0.25, -0.2) is 0 Å². The minimum absolute atomic E-state index is 0.0662. The largest absolute Gasteiger partial charge is 0.503 e. The SMILES string of the molecule is Cc1nnc(N2C(=O)C(O)=C(C(=O)c3cccs3)C2c2ccccc2)s1. The lowest BCUT2D eigenvalue weighted by atomic mass is 9.96. The van der Waals surface area contributed by atoms with Gasteiger partial charge in [-0.15, -0.1) is 21.5 Å². The summed E-state index contributed by atoms with van der Waals surface area (Å²) in [5.74, 6) is -1.54. The molecule has 0 aliphatic carbocycles. The molecule has 1 amide bonds. The van der Waals surface area contributed by atoms with Crippen molar-refractivity contribution in [1.29, 1.82) is 0 Å². The van der Waals surface area contributed by atoms with Gasteiger partial charge >= 0.3 is 0 Å². The Balaban J connectivity index is 1.88. The zero-order valence-corrected chi connectivity index (χ0v) is 15.3. The number of aryl methyl sites for hydroxylation is 1. The summed E-state index contributed by atoms with van der Waals surface area (Å²) in [7, 11) is 0. The van der Waals surface area contributed by atoms with Crippen LogP contribution in [-0.4, -0.2) is 27.0 Å². The first-order valence-electron chi connectivity index (χ1n) is 7.78. The molecule has 1 aromatic carbocycles. The van der Waals surface area contributed by atoms with E-state index in [9.17, 15) is 14.7 Å². The Labute approximate surface area is 157 Å². The number of aliphatic hydroxyl groups is 1. The number of aromatic nitrogens is 2. The van der Waals surface area contributed by atoms with Crippen LogP contribution in [0.15, 0.2) is 59.2 Å². The zero-order chi connectivity index (χ0) is 18.3. The molecule has 0 radical (unpaired) electrons. The second-order valence-electron chi connectivity index (χ2n) is 5.66. The topological polar surface area (TPSA) is 83.4 Å². The Morgan fingerprint density at radius 3 is 2.54 bits per heavy atom. The van der Waals surface area contributed by atoms with Gasteiger partial charge in [0.15, 0.2) is 5.76 Å². The maximum Gasteiger partial charge on any atom is 0.296 e. The second kappa shape index (κ2) is 6.47. The molecule has 1 atom stereocenters. The van der Waals surface area contributed by atoms with Crippen LogP contribution in [0.4, 0.5) is 5.13 Å². The van der Waals surface area contributed by atoms with Crippen molar-refractivity contribution in [2.75, 3.05) is 4.90 Å². The van der Waals surface area contributed by atoms with Crippen LogP contribution < -0.4 is 4.90 Å². The highest BCUT2D eigenvalue weighted by Crippen LogP contribution is 2.42. The van der Waals surface area contributed by atoms with Gasteiger partial charge in [0.1, 0.15) is 5.01 Å². The van der Waals surface area contributed by atoms with Crippen LogP contribution in [0.2, 0.25) is 0 Å². The van der Waals surface area contributed by atoms with Gasteiger partial charge in [0, 0.05) is 0 Å². The molecule has 26 heavy (non-hydrogen) atoms. The van der Waals surface area contributed by atoms with E-state index in [1.54, 1.807) is 24.4 Å². The summed E-state index contributed by atoms with van der Waals surface area (Å²) in [6, 6.07) is 11.8. The van der Waals surface area contributed by atoms with Gasteiger partial charge in [-0.1, -0.05) is 47.7 Å². The number of ketones is 1. The molecule has 0 spiro atoms. The third-order valence-electron chi connectivity index (χ3n) is 4.03. The molecule has 8 heteroatoms. The highest BCUT2D eigenvalue weighted by Gasteiger charge is 2.46. The summed E-state index contributed by atoms with van der Waals surface area (Å²) >= 11 is 2.51. The fourth-order valence-electron chi connectivity index (χ4n) is 2.91. The first kappa shape index (κ1) is 16.6. The molecule has 3 aromatic rings. The van der Waals surface area contributed by atoms with E-state index >= 15 is 0 Å². The average molecular weight is 383 g/mol. The van der Waals surface area contributed by atoms with Crippen molar-refractivity contribution in [3.05, 3.63) is 74.6 Å². The van der Waals surface area contributed by atoms with Crippen LogP contribution in [0.3, 0.4) is 0 Å². The minimum Gasteiger partial charge on any atom is -0.503 e. The summed E-state index contributed by atoms with van der Waals surface area (Å²) in [5, 5.41) is 21.4. The number of amides is 1. The summed E-state index contributed by atoms with van der Waals surface area (Å²) < 4.78 is 0. The van der Waals surface area contributed by atoms with Gasteiger partial charge in [0.05, 0.1) is 16.5 Å². The van der Waals surface area contributed by atoms with Crippen LogP contribution in [0.5, 0.6) is 0 Å². The molecule has 1 unspecified atom stereocenters. The molecule has 0 bridgehead atoms. The molecule has 0 saturated carbocycles. The van der Waals surface area contributed by atoms with Crippen LogP contribution >= 0.6 is 22.7 Å². The van der Waals surface area contributed by atoms with Crippen LogP contribution in [-0.2, 0) is 4.79 Å². The van der Waals surface area contributed by atoms with Gasteiger partial charge < -0.3 is 5.11 Å². The molecule has 1 aliphatic rings. The van der Waals surface area contributed by atoms with Crippen molar-refractivity contribution < 1.29 is 14.7 Å². The highest BCUT2D eigenvalue weighted by atomic mass is 32.1. The molecule has 0 saturated heterocycles. The van der Waals surface area contributed by atoms with Crippen molar-refractivity contribution in [3.63, 3.8) is 0 Å². The number of aliphatic hydroxyl groups excluding tert-OH is 1. The number of hydrogen-bond acceptors (Lipinski definition) is 7. The number of Topliss-reactive ketones (excluding diaryl/α,β-unsaturated/α-hetero) is 1. The van der Waals surface area contributed by atoms with Crippen molar-refractivity contribution in [3.8, 4) is 0 Å². The quantitative estimate of drug-likeness (QED) is 0.695. The first-order valence-corrected chi connectivity index (χ1v) is 9.47. The smallest absolute Gasteiger partial charge is 0.296 e. The van der Waals surface area contributed by atoms with E-state index in [-0.39, 0.29) is 11.4 Å². The van der Waals surface area contributed by atoms with Gasteiger partial charge in [-0.05, 0) is 23.9 Å². The van der Waals surface area contributed by atoms with E-state index in [0.29, 0.717) is 15.0 Å². The Morgan fingerprint density at radius 1 is 1.15 bits per heavy atom. The van der Waals surface area contributed by atoms with Crippen LogP contribution in [0.1, 0.15) is 26.3 Å². The summed E-state index contributed by atoms with van der Waals surface area (Å²) in [6.07, 6.45) is 0. The van der Waals surface area contributed by atoms with E-state index < -0.39 is 17.7 Å². The van der Waals surface area contributed by atoms with Crippen molar-refractivity contribution in [2.45, 2.75) is 13.0 Å². The van der Waals surface area contributed by atoms with E-state index in [2.05, 4.69) is 10.2 Å². The van der Waals surface area contributed by atoms with Gasteiger partial charge in [0.2, 0.25) is 10.9 Å². The Morgan fingerprint density at radius 2 is 1.92 bits per heavy atom. The maximum atomic E-state index is 13.0. The monoisotopic (exact) mass is 383 g/mol. The number of carbonyl (C=O) groups excluding carboxylic acids is 2. The van der Waals surface area contributed by atoms with Crippen molar-refractivity contribution in [1.82, 2.24) is 10.2 Å². The molecule has 3 heterocycles. The number of nitrogens with zero attached hydrogens (tertiary/aromatic N) is 3. The van der Waals surface area contributed by atoms with E-state index in [0.717, 1.165) is 5.56 Å². The van der Waals surface area contributed by atoms with E-state index in [1.165, 1.54) is 27.6 Å². The lowest BCUT2D eigenvalue weighted by Gasteiger charge is -2.23. The fraction of sp³-hybridized carbons (Fsp3) is 0.111.